The summed E-state index contributed by atoms with van der Waals surface area (Å²) in [6.07, 6.45) is 1.68. The van der Waals surface area contributed by atoms with Crippen molar-refractivity contribution in [3.8, 4) is 0 Å². The van der Waals surface area contributed by atoms with Crippen molar-refractivity contribution < 1.29 is 9.90 Å². The van der Waals surface area contributed by atoms with Gasteiger partial charge in [-0.05, 0) is 14.0 Å². The van der Waals surface area contributed by atoms with Crippen LogP contribution in [0.15, 0.2) is 12.7 Å². The number of carboxylic acids is 1. The number of carboxylic acid groups (broad SMARTS) is 1. The van der Waals surface area contributed by atoms with E-state index in [9.17, 15) is 4.79 Å². The van der Waals surface area contributed by atoms with Crippen LogP contribution in [0.4, 0.5) is 0 Å². The lowest BCUT2D eigenvalue weighted by Gasteiger charge is -2.18. The van der Waals surface area contributed by atoms with Gasteiger partial charge in [0.1, 0.15) is 6.04 Å². The molecule has 0 heterocycles. The number of hydrogen-bond donors (Lipinski definition) is 1. The Labute approximate surface area is 73.1 Å². The van der Waals surface area contributed by atoms with Gasteiger partial charge in [-0.25, -0.2) is 0 Å². The predicted molar refractivity (Wildman–Crippen MR) is 47.2 cm³/mol. The first kappa shape index (κ1) is 13.1. The van der Waals surface area contributed by atoms with Crippen molar-refractivity contribution >= 4 is 18.4 Å². The molecule has 0 spiro atoms. The third-order valence-electron chi connectivity index (χ3n) is 1.44. The summed E-state index contributed by atoms with van der Waals surface area (Å²) in [5.41, 5.74) is 0. The average molecular weight is 180 g/mol. The van der Waals surface area contributed by atoms with E-state index in [2.05, 4.69) is 6.58 Å². The Hall–Kier alpha value is -0.540. The maximum absolute atomic E-state index is 10.3. The zero-order chi connectivity index (χ0) is 8.15. The first-order valence-electron chi connectivity index (χ1n) is 3.13. The average Bonchev–Trinajstić information content (AvgIpc) is 1.87. The van der Waals surface area contributed by atoms with Gasteiger partial charge in [0.15, 0.2) is 0 Å². The van der Waals surface area contributed by atoms with Crippen molar-refractivity contribution in [2.24, 2.45) is 0 Å². The SMILES string of the molecule is C=CCN(C)C(C)C(=O)O.Cl. The fourth-order valence-corrected chi connectivity index (χ4v) is 0.550. The molecular formula is C7H14ClNO2. The lowest BCUT2D eigenvalue weighted by Crippen LogP contribution is -2.35. The van der Waals surface area contributed by atoms with Gasteiger partial charge in [0.05, 0.1) is 0 Å². The number of aliphatic carboxylic acids is 1. The van der Waals surface area contributed by atoms with Crippen molar-refractivity contribution in [1.29, 1.82) is 0 Å². The highest BCUT2D eigenvalue weighted by molar-refractivity contribution is 5.85. The maximum atomic E-state index is 10.3. The Bertz CT molecular complexity index is 138. The summed E-state index contributed by atoms with van der Waals surface area (Å²) in [6, 6.07) is -0.432. The fraction of sp³-hybridized carbons (Fsp3) is 0.571. The highest BCUT2D eigenvalue weighted by Crippen LogP contribution is 1.93. The molecule has 0 fully saturated rings. The molecule has 0 bridgehead atoms. The summed E-state index contributed by atoms with van der Waals surface area (Å²) in [7, 11) is 1.75. The number of rotatable bonds is 4. The molecule has 0 aromatic heterocycles. The molecule has 1 atom stereocenters. The Morgan fingerprint density at radius 3 is 2.55 bits per heavy atom. The van der Waals surface area contributed by atoms with Gasteiger partial charge in [-0.1, -0.05) is 6.08 Å². The molecule has 0 aromatic rings. The lowest BCUT2D eigenvalue weighted by atomic mass is 10.3. The van der Waals surface area contributed by atoms with Crippen LogP contribution in [0.3, 0.4) is 0 Å². The molecule has 0 saturated heterocycles. The fourth-order valence-electron chi connectivity index (χ4n) is 0.550. The van der Waals surface area contributed by atoms with Crippen LogP contribution in [-0.4, -0.2) is 35.6 Å². The van der Waals surface area contributed by atoms with Gasteiger partial charge in [0.2, 0.25) is 0 Å². The minimum absolute atomic E-state index is 0. The van der Waals surface area contributed by atoms with Crippen molar-refractivity contribution in [2.75, 3.05) is 13.6 Å². The van der Waals surface area contributed by atoms with E-state index in [1.165, 1.54) is 0 Å². The van der Waals surface area contributed by atoms with Crippen LogP contribution in [-0.2, 0) is 4.79 Å². The number of nitrogens with zero attached hydrogens (tertiary/aromatic N) is 1. The third kappa shape index (κ3) is 4.81. The van der Waals surface area contributed by atoms with E-state index in [4.69, 9.17) is 5.11 Å². The first-order valence-corrected chi connectivity index (χ1v) is 3.13. The molecule has 0 aliphatic rings. The minimum atomic E-state index is -0.802. The summed E-state index contributed by atoms with van der Waals surface area (Å²) in [6.45, 7) is 5.76. The van der Waals surface area contributed by atoms with Gasteiger partial charge in [-0.2, -0.15) is 0 Å². The van der Waals surface area contributed by atoms with E-state index in [0.29, 0.717) is 6.54 Å². The van der Waals surface area contributed by atoms with E-state index >= 15 is 0 Å². The molecule has 0 saturated carbocycles. The Kier molecular flexibility index (Phi) is 7.36. The van der Waals surface area contributed by atoms with Gasteiger partial charge in [0, 0.05) is 6.54 Å². The van der Waals surface area contributed by atoms with Gasteiger partial charge in [-0.15, -0.1) is 19.0 Å². The van der Waals surface area contributed by atoms with Gasteiger partial charge < -0.3 is 5.11 Å². The van der Waals surface area contributed by atoms with Crippen molar-refractivity contribution in [1.82, 2.24) is 4.90 Å². The second kappa shape index (κ2) is 6.19. The van der Waals surface area contributed by atoms with E-state index < -0.39 is 12.0 Å². The first-order chi connectivity index (χ1) is 4.59. The quantitative estimate of drug-likeness (QED) is 0.655. The zero-order valence-electron chi connectivity index (χ0n) is 6.78. The minimum Gasteiger partial charge on any atom is -0.480 e. The Morgan fingerprint density at radius 2 is 2.27 bits per heavy atom. The van der Waals surface area contributed by atoms with E-state index in [1.807, 2.05) is 0 Å². The molecule has 0 aliphatic carbocycles. The second-order valence-electron chi connectivity index (χ2n) is 2.24. The molecule has 0 aliphatic heterocycles. The largest absolute Gasteiger partial charge is 0.480 e. The molecular weight excluding hydrogens is 166 g/mol. The topological polar surface area (TPSA) is 40.5 Å². The monoisotopic (exact) mass is 179 g/mol. The number of halogens is 1. The third-order valence-corrected chi connectivity index (χ3v) is 1.44. The second-order valence-corrected chi connectivity index (χ2v) is 2.24. The van der Waals surface area contributed by atoms with E-state index in [1.54, 1.807) is 24.9 Å². The van der Waals surface area contributed by atoms with Crippen LogP contribution < -0.4 is 0 Å². The summed E-state index contributed by atoms with van der Waals surface area (Å²) in [5.74, 6) is -0.802. The normalized spacial score (nSPS) is 11.9. The van der Waals surface area contributed by atoms with E-state index in [-0.39, 0.29) is 12.4 Å². The van der Waals surface area contributed by atoms with Gasteiger partial charge >= 0.3 is 5.97 Å². The highest BCUT2D eigenvalue weighted by atomic mass is 35.5. The van der Waals surface area contributed by atoms with Crippen molar-refractivity contribution in [3.05, 3.63) is 12.7 Å². The van der Waals surface area contributed by atoms with Crippen LogP contribution >= 0.6 is 12.4 Å². The molecule has 66 valence electrons. The molecule has 3 nitrogen and oxygen atoms in total. The lowest BCUT2D eigenvalue weighted by molar-refractivity contribution is -0.141. The van der Waals surface area contributed by atoms with Crippen molar-refractivity contribution in [3.63, 3.8) is 0 Å². The summed E-state index contributed by atoms with van der Waals surface area (Å²) in [4.78, 5) is 12.0. The Morgan fingerprint density at radius 1 is 1.82 bits per heavy atom. The molecule has 11 heavy (non-hydrogen) atoms. The van der Waals surface area contributed by atoms with Crippen LogP contribution in [0.1, 0.15) is 6.92 Å². The molecule has 0 amide bonds. The molecule has 4 heteroatoms. The molecule has 0 rings (SSSR count). The van der Waals surface area contributed by atoms with E-state index in [0.717, 1.165) is 0 Å². The smallest absolute Gasteiger partial charge is 0.320 e. The van der Waals surface area contributed by atoms with Gasteiger partial charge in [0.25, 0.3) is 0 Å². The van der Waals surface area contributed by atoms with Crippen LogP contribution in [0, 0.1) is 0 Å². The zero-order valence-corrected chi connectivity index (χ0v) is 7.60. The summed E-state index contributed by atoms with van der Waals surface area (Å²) < 4.78 is 0. The standard InChI is InChI=1S/C7H13NO2.ClH/c1-4-5-8(3)6(2)7(9)10;/h4,6H,1,5H2,2-3H3,(H,9,10);1H. The summed E-state index contributed by atoms with van der Waals surface area (Å²) >= 11 is 0. The maximum Gasteiger partial charge on any atom is 0.320 e. The molecule has 0 aromatic carbocycles. The van der Waals surface area contributed by atoms with Gasteiger partial charge in [-0.3, -0.25) is 9.69 Å². The highest BCUT2D eigenvalue weighted by Gasteiger charge is 2.14. The van der Waals surface area contributed by atoms with Crippen molar-refractivity contribution in [2.45, 2.75) is 13.0 Å². The predicted octanol–water partition coefficient (Wildman–Crippen LogP) is 0.999. The molecule has 1 unspecified atom stereocenters. The summed E-state index contributed by atoms with van der Waals surface area (Å²) in [5, 5.41) is 8.50. The Balaban J connectivity index is 0. The molecule has 1 N–H and O–H groups in total. The van der Waals surface area contributed by atoms with Crippen LogP contribution in [0.2, 0.25) is 0 Å². The molecule has 0 radical (unpaired) electrons. The van der Waals surface area contributed by atoms with Crippen LogP contribution in [0.25, 0.3) is 0 Å². The van der Waals surface area contributed by atoms with Crippen LogP contribution in [0.5, 0.6) is 0 Å². The number of likely N-dealkylation sites (N-methyl/N-ethyl adjacent to an activating group) is 1. The number of hydrogen-bond acceptors (Lipinski definition) is 2. The number of carbonyl (C=O) groups is 1.